The fraction of sp³-hybridized carbons (Fsp3) is 0.476. The Morgan fingerprint density at radius 1 is 1.32 bits per heavy atom. The minimum Gasteiger partial charge on any atom is -0.462 e. The Morgan fingerprint density at radius 3 is 2.59 bits per heavy atom. The van der Waals surface area contributed by atoms with Crippen molar-refractivity contribution in [3.63, 3.8) is 0 Å². The number of carbonyl (C=O) groups is 1. The zero-order chi connectivity index (χ0) is 27.5. The molecule has 1 aliphatic rings. The molecule has 1 aliphatic heterocycles. The van der Waals surface area contributed by atoms with Gasteiger partial charge in [-0.05, 0) is 44.7 Å². The van der Waals surface area contributed by atoms with Crippen molar-refractivity contribution in [1.29, 1.82) is 0 Å². The van der Waals surface area contributed by atoms with Gasteiger partial charge in [-0.1, -0.05) is 41.4 Å². The maximum absolute atomic E-state index is 13.8. The molecular formula is C21H25Cl2FN3O8PS. The number of aromatic amines is 1. The molecule has 204 valence electrons. The maximum atomic E-state index is 13.8. The Hall–Kier alpha value is -1.83. The summed E-state index contributed by atoms with van der Waals surface area (Å²) < 4.78 is 34.8. The van der Waals surface area contributed by atoms with Crippen LogP contribution in [0.4, 0.5) is 4.39 Å². The normalized spacial score (nSPS) is 23.4. The van der Waals surface area contributed by atoms with Crippen molar-refractivity contribution >= 4 is 47.6 Å². The van der Waals surface area contributed by atoms with Gasteiger partial charge < -0.3 is 23.6 Å². The molecule has 0 bridgehead atoms. The first kappa shape index (κ1) is 29.7. The van der Waals surface area contributed by atoms with Crippen LogP contribution >= 0.6 is 29.8 Å². The first-order chi connectivity index (χ1) is 17.2. The van der Waals surface area contributed by atoms with Gasteiger partial charge >= 0.3 is 18.3 Å². The summed E-state index contributed by atoms with van der Waals surface area (Å²) in [7, 11) is 0. The number of aliphatic hydroxyl groups is 1. The molecule has 5 atom stereocenters. The molecule has 2 heterocycles. The molecule has 0 saturated carbocycles. The summed E-state index contributed by atoms with van der Waals surface area (Å²) in [6.07, 6.45) is -4.33. The van der Waals surface area contributed by atoms with E-state index in [0.717, 1.165) is 0 Å². The summed E-state index contributed by atoms with van der Waals surface area (Å²) in [6.45, 7) is 0.939. The van der Waals surface area contributed by atoms with Gasteiger partial charge in [0.15, 0.2) is 10.6 Å². The third kappa shape index (κ3) is 7.18. The topological polar surface area (TPSA) is 141 Å². The van der Waals surface area contributed by atoms with Gasteiger partial charge in [-0.3, -0.25) is 19.1 Å². The average molecular weight is 600 g/mol. The van der Waals surface area contributed by atoms with Crippen molar-refractivity contribution < 1.29 is 32.8 Å². The molecule has 0 amide bonds. The molecule has 1 saturated heterocycles. The zero-order valence-corrected chi connectivity index (χ0v) is 23.0. The van der Waals surface area contributed by atoms with Crippen LogP contribution in [-0.2, 0) is 30.6 Å². The second-order valence-corrected chi connectivity index (χ2v) is 12.9. The Bertz CT molecular complexity index is 1280. The van der Waals surface area contributed by atoms with Gasteiger partial charge in [0, 0.05) is 0 Å². The maximum Gasteiger partial charge on any atom is 0.330 e. The number of aromatic nitrogens is 2. The van der Waals surface area contributed by atoms with Crippen molar-refractivity contribution in [2.75, 3.05) is 6.61 Å². The number of para-hydroxylation sites is 1. The molecule has 0 unspecified atom stereocenters. The lowest BCUT2D eigenvalue weighted by Gasteiger charge is -2.28. The number of ether oxygens (including phenoxy) is 2. The number of nitrogens with zero attached hydrogens (tertiary/aromatic N) is 1. The highest BCUT2D eigenvalue weighted by molar-refractivity contribution is 8.09. The van der Waals surface area contributed by atoms with Crippen molar-refractivity contribution in [2.24, 2.45) is 0 Å². The lowest BCUT2D eigenvalue weighted by atomic mass is 10.2. The fourth-order valence-electron chi connectivity index (χ4n) is 3.25. The number of hydrogen-bond acceptors (Lipinski definition) is 9. The van der Waals surface area contributed by atoms with Gasteiger partial charge in [0.25, 0.3) is 5.56 Å². The van der Waals surface area contributed by atoms with Crippen molar-refractivity contribution in [1.82, 2.24) is 14.6 Å². The molecule has 0 radical (unpaired) electrons. The number of rotatable bonds is 10. The van der Waals surface area contributed by atoms with Gasteiger partial charge in [0.2, 0.25) is 5.82 Å². The number of esters is 1. The second kappa shape index (κ2) is 11.9. The number of alkyl halides is 2. The molecule has 0 spiro atoms. The molecule has 37 heavy (non-hydrogen) atoms. The minimum atomic E-state index is -3.50. The Balaban J connectivity index is 1.82. The van der Waals surface area contributed by atoms with Gasteiger partial charge in [0.05, 0.1) is 18.9 Å². The van der Waals surface area contributed by atoms with E-state index in [1.54, 1.807) is 49.2 Å². The van der Waals surface area contributed by atoms with Crippen LogP contribution in [0, 0.1) is 5.82 Å². The first-order valence-electron chi connectivity index (χ1n) is 10.9. The summed E-state index contributed by atoms with van der Waals surface area (Å²) in [5.41, 5.74) is -2.31. The number of carbonyl (C=O) groups excluding carboxylic acids is 1. The number of benzene rings is 1. The van der Waals surface area contributed by atoms with Crippen LogP contribution in [0.3, 0.4) is 0 Å². The molecule has 3 N–H and O–H groups in total. The van der Waals surface area contributed by atoms with E-state index in [4.69, 9.17) is 53.5 Å². The molecule has 1 aromatic carbocycles. The van der Waals surface area contributed by atoms with Crippen LogP contribution in [0.1, 0.15) is 27.0 Å². The van der Waals surface area contributed by atoms with Crippen LogP contribution < -0.4 is 20.9 Å². The van der Waals surface area contributed by atoms with E-state index < -0.39 is 65.1 Å². The third-order valence-corrected chi connectivity index (χ3v) is 8.31. The van der Waals surface area contributed by atoms with Gasteiger partial charge in [0.1, 0.15) is 24.0 Å². The van der Waals surface area contributed by atoms with E-state index in [2.05, 4.69) is 5.09 Å². The van der Waals surface area contributed by atoms with E-state index in [-0.39, 0.29) is 6.10 Å². The number of hydrogen-bond donors (Lipinski definition) is 3. The Labute approximate surface area is 226 Å². The molecule has 3 rings (SSSR count). The Kier molecular flexibility index (Phi) is 9.57. The van der Waals surface area contributed by atoms with Gasteiger partial charge in [-0.15, -0.1) is 0 Å². The summed E-state index contributed by atoms with van der Waals surface area (Å²) >= 11 is 18.1. The number of aliphatic hydroxyl groups excluding tert-OH is 1. The highest BCUT2D eigenvalue weighted by Gasteiger charge is 2.56. The van der Waals surface area contributed by atoms with Crippen molar-refractivity contribution in [3.8, 4) is 5.75 Å². The quantitative estimate of drug-likeness (QED) is 0.212. The van der Waals surface area contributed by atoms with Crippen LogP contribution in [-0.4, -0.2) is 55.9 Å². The molecular weight excluding hydrogens is 575 g/mol. The van der Waals surface area contributed by atoms with Crippen molar-refractivity contribution in [2.45, 2.75) is 55.7 Å². The number of H-pyrrole nitrogens is 1. The van der Waals surface area contributed by atoms with Gasteiger partial charge in [-0.2, -0.15) is 4.39 Å². The molecule has 11 nitrogen and oxygen atoms in total. The van der Waals surface area contributed by atoms with Crippen molar-refractivity contribution in [3.05, 3.63) is 63.2 Å². The smallest absolute Gasteiger partial charge is 0.330 e. The summed E-state index contributed by atoms with van der Waals surface area (Å²) in [5, 5.41) is 13.5. The fourth-order valence-corrected chi connectivity index (χ4v) is 6.26. The second-order valence-electron chi connectivity index (χ2n) is 8.32. The standard InChI is InChI=1S/C21H25Cl2FN3O8PS/c1-11(2)33-18(30)12(3)26-36(37,35-13-7-5-4-6-8-13)32-10-15-16(28)21(22,23)19(34-15)27-9-14(24)17(29)25-20(27)31/h4-9,11-12,15-16,19,28H,10H2,1-3H3,(H,26,37)(H,25,29,31)/t12-,15-,16-,19-,36-/m1/s1. The van der Waals surface area contributed by atoms with Gasteiger partial charge in [-0.25, -0.2) is 9.88 Å². The molecule has 1 aromatic heterocycles. The lowest BCUT2D eigenvalue weighted by molar-refractivity contribution is -0.149. The summed E-state index contributed by atoms with van der Waals surface area (Å²) in [4.78, 5) is 37.7. The van der Waals surface area contributed by atoms with E-state index in [1.165, 1.54) is 6.92 Å². The van der Waals surface area contributed by atoms with Crippen LogP contribution in [0.25, 0.3) is 0 Å². The van der Waals surface area contributed by atoms with E-state index in [0.29, 0.717) is 16.5 Å². The minimum absolute atomic E-state index is 0.341. The monoisotopic (exact) mass is 599 g/mol. The van der Waals surface area contributed by atoms with Crippen LogP contribution in [0.15, 0.2) is 46.1 Å². The van der Waals surface area contributed by atoms with E-state index >= 15 is 0 Å². The van der Waals surface area contributed by atoms with E-state index in [1.807, 2.05) is 0 Å². The SMILES string of the molecule is CC(C)OC(=O)[C@@H](C)N[P@@](=S)(OC[C@H]1O[C@@H](n2cc(F)c(=O)[nH]c2=O)C(Cl)(Cl)[C@@H]1O)Oc1ccccc1. The molecule has 2 aromatic rings. The first-order valence-corrected chi connectivity index (χ1v) is 14.3. The third-order valence-electron chi connectivity index (χ3n) is 4.99. The number of nitrogens with one attached hydrogen (secondary N) is 2. The van der Waals surface area contributed by atoms with Crippen LogP contribution in [0.5, 0.6) is 5.75 Å². The Morgan fingerprint density at radius 2 is 1.97 bits per heavy atom. The predicted molar refractivity (Wildman–Crippen MR) is 137 cm³/mol. The number of halogens is 3. The summed E-state index contributed by atoms with van der Waals surface area (Å²) in [5.74, 6) is -1.55. The molecule has 0 aliphatic carbocycles. The summed E-state index contributed by atoms with van der Waals surface area (Å²) in [6, 6.07) is 7.49. The largest absolute Gasteiger partial charge is 0.462 e. The predicted octanol–water partition coefficient (Wildman–Crippen LogP) is 2.36. The van der Waals surface area contributed by atoms with E-state index in [9.17, 15) is 23.9 Å². The lowest BCUT2D eigenvalue weighted by Crippen LogP contribution is -2.42. The zero-order valence-electron chi connectivity index (χ0n) is 19.8. The molecule has 16 heteroatoms. The highest BCUT2D eigenvalue weighted by atomic mass is 35.5. The highest BCUT2D eigenvalue weighted by Crippen LogP contribution is 2.49. The van der Waals surface area contributed by atoms with Crippen LogP contribution in [0.2, 0.25) is 0 Å². The average Bonchev–Trinajstić information content (AvgIpc) is 3.03. The molecule has 1 fully saturated rings.